The molecule has 1 aromatic carbocycles. The number of rotatable bonds is 5. The van der Waals surface area contributed by atoms with E-state index in [1.54, 1.807) is 26.0 Å². The van der Waals surface area contributed by atoms with Crippen LogP contribution in [0.25, 0.3) is 0 Å². The highest BCUT2D eigenvalue weighted by Crippen LogP contribution is 2.47. The van der Waals surface area contributed by atoms with Crippen LogP contribution >= 0.6 is 39.5 Å². The summed E-state index contributed by atoms with van der Waals surface area (Å²) >= 11 is 6.69. The summed E-state index contributed by atoms with van der Waals surface area (Å²) in [4.78, 5) is 0. The molecule has 0 amide bonds. The quantitative estimate of drug-likeness (QED) is 0.731. The van der Waals surface area contributed by atoms with Gasteiger partial charge in [0.05, 0.1) is 18.5 Å². The Hall–Kier alpha value is 0.330. The smallest absolute Gasteiger partial charge is 0.305 e. The maximum atomic E-state index is 12.4. The molecule has 0 bridgehead atoms. The van der Waals surface area contributed by atoms with Gasteiger partial charge >= 0.3 is 7.60 Å². The Bertz CT molecular complexity index is 379. The lowest BCUT2D eigenvalue weighted by atomic mass is 10.4. The minimum Gasteiger partial charge on any atom is -0.305 e. The molecule has 0 aliphatic carbocycles. The van der Waals surface area contributed by atoms with Crippen LogP contribution < -0.4 is 5.30 Å². The first-order chi connectivity index (χ1) is 7.51. The fourth-order valence-corrected chi connectivity index (χ4v) is 4.52. The van der Waals surface area contributed by atoms with E-state index < -0.39 is 7.60 Å². The second kappa shape index (κ2) is 6.31. The van der Waals surface area contributed by atoms with Crippen molar-refractivity contribution in [1.82, 2.24) is 0 Å². The second-order valence-corrected chi connectivity index (χ2v) is 6.82. The lowest BCUT2D eigenvalue weighted by Crippen LogP contribution is -2.10. The summed E-state index contributed by atoms with van der Waals surface area (Å²) in [5.74, 6) is 0. The monoisotopic (exact) mass is 370 g/mol. The van der Waals surface area contributed by atoms with Gasteiger partial charge in [-0.25, -0.2) is 0 Å². The predicted octanol–water partition coefficient (Wildman–Crippen LogP) is 4.10. The molecule has 16 heavy (non-hydrogen) atoms. The van der Waals surface area contributed by atoms with Crippen LogP contribution in [0, 0.1) is 0 Å². The summed E-state index contributed by atoms with van der Waals surface area (Å²) in [7, 11) is -3.19. The van der Waals surface area contributed by atoms with Crippen LogP contribution in [-0.4, -0.2) is 13.2 Å². The van der Waals surface area contributed by atoms with Crippen molar-refractivity contribution >= 4 is 44.8 Å². The first kappa shape index (κ1) is 14.4. The van der Waals surface area contributed by atoms with Gasteiger partial charge in [0, 0.05) is 8.95 Å². The third-order valence-corrected chi connectivity index (χ3v) is 4.76. The molecule has 0 fully saturated rings. The number of hydrogen-bond acceptors (Lipinski definition) is 3. The Morgan fingerprint density at radius 1 is 1.06 bits per heavy atom. The lowest BCUT2D eigenvalue weighted by molar-refractivity contribution is 0.230. The Balaban J connectivity index is 3.15. The summed E-state index contributed by atoms with van der Waals surface area (Å²) in [5.41, 5.74) is 0. The first-order valence-corrected chi connectivity index (χ1v) is 8.00. The molecule has 6 heteroatoms. The molecule has 1 rings (SSSR count). The summed E-state index contributed by atoms with van der Waals surface area (Å²) in [6.07, 6.45) is 0. The SMILES string of the molecule is CCOP(=O)(OCC)c1cc(Br)cc(Br)c1. The normalized spacial score (nSPS) is 11.8. The maximum absolute atomic E-state index is 12.4. The van der Waals surface area contributed by atoms with Crippen LogP contribution in [0.2, 0.25) is 0 Å². The predicted molar refractivity (Wildman–Crippen MR) is 72.3 cm³/mol. The van der Waals surface area contributed by atoms with Gasteiger partial charge in [0.1, 0.15) is 0 Å². The lowest BCUT2D eigenvalue weighted by Gasteiger charge is -2.17. The number of benzene rings is 1. The van der Waals surface area contributed by atoms with E-state index in [1.165, 1.54) is 0 Å². The molecule has 90 valence electrons. The molecule has 0 spiro atoms. The molecule has 0 aliphatic heterocycles. The molecule has 0 radical (unpaired) electrons. The largest absolute Gasteiger partial charge is 0.361 e. The van der Waals surface area contributed by atoms with Crippen molar-refractivity contribution in [3.63, 3.8) is 0 Å². The summed E-state index contributed by atoms with van der Waals surface area (Å²) < 4.78 is 24.6. The highest BCUT2D eigenvalue weighted by atomic mass is 79.9. The van der Waals surface area contributed by atoms with Crippen LogP contribution in [0.4, 0.5) is 0 Å². The van der Waals surface area contributed by atoms with Gasteiger partial charge in [-0.15, -0.1) is 0 Å². The van der Waals surface area contributed by atoms with Crippen molar-refractivity contribution in [1.29, 1.82) is 0 Å². The van der Waals surface area contributed by atoms with Crippen molar-refractivity contribution in [2.24, 2.45) is 0 Å². The summed E-state index contributed by atoms with van der Waals surface area (Å²) in [6.45, 7) is 4.28. The summed E-state index contributed by atoms with van der Waals surface area (Å²) in [6, 6.07) is 5.36. The average molecular weight is 372 g/mol. The Morgan fingerprint density at radius 2 is 1.50 bits per heavy atom. The van der Waals surface area contributed by atoms with Crippen molar-refractivity contribution in [2.45, 2.75) is 13.8 Å². The van der Waals surface area contributed by atoms with Crippen LogP contribution in [0.5, 0.6) is 0 Å². The average Bonchev–Trinajstić information content (AvgIpc) is 2.16. The third kappa shape index (κ3) is 3.67. The van der Waals surface area contributed by atoms with Gasteiger partial charge in [-0.3, -0.25) is 4.57 Å². The van der Waals surface area contributed by atoms with E-state index in [4.69, 9.17) is 9.05 Å². The topological polar surface area (TPSA) is 35.5 Å². The van der Waals surface area contributed by atoms with E-state index in [2.05, 4.69) is 31.9 Å². The van der Waals surface area contributed by atoms with Crippen LogP contribution in [0.15, 0.2) is 27.1 Å². The molecule has 0 N–H and O–H groups in total. The number of hydrogen-bond donors (Lipinski definition) is 0. The Morgan fingerprint density at radius 3 is 1.88 bits per heavy atom. The van der Waals surface area contributed by atoms with Gasteiger partial charge in [-0.1, -0.05) is 31.9 Å². The second-order valence-electron chi connectivity index (χ2n) is 2.96. The van der Waals surface area contributed by atoms with E-state index >= 15 is 0 Å². The van der Waals surface area contributed by atoms with Crippen molar-refractivity contribution in [3.8, 4) is 0 Å². The fourth-order valence-electron chi connectivity index (χ4n) is 1.22. The molecular weight excluding hydrogens is 359 g/mol. The zero-order valence-electron chi connectivity index (χ0n) is 9.07. The molecule has 0 atom stereocenters. The molecule has 1 aromatic rings. The zero-order chi connectivity index (χ0) is 12.2. The third-order valence-electron chi connectivity index (χ3n) is 1.76. The van der Waals surface area contributed by atoms with Crippen LogP contribution in [0.3, 0.4) is 0 Å². The maximum Gasteiger partial charge on any atom is 0.361 e. The highest BCUT2D eigenvalue weighted by Gasteiger charge is 2.27. The van der Waals surface area contributed by atoms with E-state index in [-0.39, 0.29) is 0 Å². The minimum absolute atomic E-state index is 0.349. The summed E-state index contributed by atoms with van der Waals surface area (Å²) in [5, 5.41) is 0.553. The van der Waals surface area contributed by atoms with E-state index in [0.29, 0.717) is 18.5 Å². The molecule has 0 saturated heterocycles. The van der Waals surface area contributed by atoms with Gasteiger partial charge < -0.3 is 9.05 Å². The first-order valence-electron chi connectivity index (χ1n) is 4.87. The van der Waals surface area contributed by atoms with Gasteiger partial charge in [0.2, 0.25) is 0 Å². The molecular formula is C10H13Br2O3P. The molecule has 0 heterocycles. The van der Waals surface area contributed by atoms with E-state index in [1.807, 2.05) is 6.07 Å². The fraction of sp³-hybridized carbons (Fsp3) is 0.400. The molecule has 0 unspecified atom stereocenters. The van der Waals surface area contributed by atoms with Gasteiger partial charge in [0.15, 0.2) is 0 Å². The van der Waals surface area contributed by atoms with E-state index in [9.17, 15) is 4.57 Å². The van der Waals surface area contributed by atoms with E-state index in [0.717, 1.165) is 8.95 Å². The molecule has 0 aromatic heterocycles. The molecule has 0 aliphatic rings. The highest BCUT2D eigenvalue weighted by molar-refractivity contribution is 9.11. The Kier molecular flexibility index (Phi) is 5.68. The van der Waals surface area contributed by atoms with Crippen molar-refractivity contribution in [2.75, 3.05) is 13.2 Å². The van der Waals surface area contributed by atoms with Gasteiger partial charge in [-0.2, -0.15) is 0 Å². The van der Waals surface area contributed by atoms with Crippen LogP contribution in [0.1, 0.15) is 13.8 Å². The Labute approximate surface area is 112 Å². The van der Waals surface area contributed by atoms with Crippen LogP contribution in [-0.2, 0) is 13.6 Å². The minimum atomic E-state index is -3.19. The van der Waals surface area contributed by atoms with Gasteiger partial charge in [-0.05, 0) is 32.0 Å². The standard InChI is InChI=1S/C10H13Br2O3P/c1-3-14-16(13,15-4-2)10-6-8(11)5-9(12)7-10/h5-7H,3-4H2,1-2H3. The molecule has 3 nitrogen and oxygen atoms in total. The molecule has 0 saturated carbocycles. The zero-order valence-corrected chi connectivity index (χ0v) is 13.1. The number of halogens is 2. The van der Waals surface area contributed by atoms with Gasteiger partial charge in [0.25, 0.3) is 0 Å². The van der Waals surface area contributed by atoms with Crippen molar-refractivity contribution in [3.05, 3.63) is 27.1 Å². The van der Waals surface area contributed by atoms with Crippen molar-refractivity contribution < 1.29 is 13.6 Å².